The summed E-state index contributed by atoms with van der Waals surface area (Å²) < 4.78 is 0. The molecule has 1 aromatic heterocycles. The first-order valence-electron chi connectivity index (χ1n) is 15.2. The quantitative estimate of drug-likeness (QED) is 0.199. The molecule has 0 atom stereocenters. The highest BCUT2D eigenvalue weighted by Gasteiger charge is 2.20. The molecule has 7 aromatic carbocycles. The fraction of sp³-hybridized carbons (Fsp3) is 0.0952. The summed E-state index contributed by atoms with van der Waals surface area (Å²) in [7, 11) is 0. The molecule has 0 unspecified atom stereocenters. The summed E-state index contributed by atoms with van der Waals surface area (Å²) in [6, 6.07) is 44.8. The van der Waals surface area contributed by atoms with Crippen molar-refractivity contribution in [3.05, 3.63) is 145 Å². The largest absolute Gasteiger partial charge is 0.261 e. The summed E-state index contributed by atoms with van der Waals surface area (Å²) in [5.41, 5.74) is 10.7. The van der Waals surface area contributed by atoms with Gasteiger partial charge in [0.2, 0.25) is 0 Å². The molecule has 0 N–H and O–H groups in total. The first kappa shape index (κ1) is 26.3. The van der Waals surface area contributed by atoms with Crippen molar-refractivity contribution in [3.8, 4) is 44.6 Å². The van der Waals surface area contributed by atoms with Crippen LogP contribution in [0.3, 0.4) is 0 Å². The van der Waals surface area contributed by atoms with Crippen molar-refractivity contribution in [1.29, 1.82) is 0 Å². The lowest BCUT2D eigenvalue weighted by Crippen LogP contribution is -2.10. The number of rotatable bonds is 4. The van der Waals surface area contributed by atoms with Gasteiger partial charge in [-0.1, -0.05) is 136 Å². The molecule has 44 heavy (non-hydrogen) atoms. The lowest BCUT2D eigenvalue weighted by atomic mass is 9.81. The van der Waals surface area contributed by atoms with E-state index in [-0.39, 0.29) is 5.41 Å². The number of nitrogens with zero attached hydrogens (tertiary/aromatic N) is 2. The van der Waals surface area contributed by atoms with E-state index in [1.165, 1.54) is 71.3 Å². The first-order valence-corrected chi connectivity index (χ1v) is 15.2. The van der Waals surface area contributed by atoms with Crippen LogP contribution in [0.2, 0.25) is 0 Å². The molecule has 0 radical (unpaired) electrons. The van der Waals surface area contributed by atoms with Crippen LogP contribution < -0.4 is 0 Å². The van der Waals surface area contributed by atoms with Crippen LogP contribution in [0.4, 0.5) is 0 Å². The predicted molar refractivity (Wildman–Crippen MR) is 186 cm³/mol. The third-order valence-corrected chi connectivity index (χ3v) is 8.94. The third-order valence-electron chi connectivity index (χ3n) is 8.94. The highest BCUT2D eigenvalue weighted by atomic mass is 14.8. The predicted octanol–water partition coefficient (Wildman–Crippen LogP) is 11.3. The van der Waals surface area contributed by atoms with Gasteiger partial charge in [-0.15, -0.1) is 0 Å². The maximum Gasteiger partial charge on any atom is 0.0885 e. The normalized spacial score (nSPS) is 12.0. The Labute approximate surface area is 258 Å². The topological polar surface area (TPSA) is 25.8 Å². The molecule has 0 bridgehead atoms. The smallest absolute Gasteiger partial charge is 0.0885 e. The molecule has 0 amide bonds. The maximum absolute atomic E-state index is 4.50. The fourth-order valence-corrected chi connectivity index (χ4v) is 6.57. The lowest BCUT2D eigenvalue weighted by Gasteiger charge is -2.23. The Morgan fingerprint density at radius 3 is 1.57 bits per heavy atom. The zero-order chi connectivity index (χ0) is 29.8. The molecule has 8 rings (SSSR count). The van der Waals surface area contributed by atoms with E-state index < -0.39 is 0 Å². The molecule has 0 spiro atoms. The van der Waals surface area contributed by atoms with E-state index >= 15 is 0 Å². The highest BCUT2D eigenvalue weighted by Crippen LogP contribution is 2.45. The monoisotopic (exact) mass is 564 g/mol. The van der Waals surface area contributed by atoms with Crippen LogP contribution in [0.15, 0.2) is 140 Å². The van der Waals surface area contributed by atoms with Crippen LogP contribution in [-0.2, 0) is 5.41 Å². The van der Waals surface area contributed by atoms with Crippen LogP contribution in [0.5, 0.6) is 0 Å². The van der Waals surface area contributed by atoms with Gasteiger partial charge in [0.05, 0.1) is 11.9 Å². The molecule has 0 saturated heterocycles. The van der Waals surface area contributed by atoms with Gasteiger partial charge in [-0.3, -0.25) is 9.97 Å². The summed E-state index contributed by atoms with van der Waals surface area (Å²) in [5, 5.41) is 7.83. The van der Waals surface area contributed by atoms with Crippen molar-refractivity contribution in [1.82, 2.24) is 9.97 Å². The fourth-order valence-electron chi connectivity index (χ4n) is 6.57. The van der Waals surface area contributed by atoms with Crippen LogP contribution in [0.1, 0.15) is 26.3 Å². The van der Waals surface area contributed by atoms with Crippen LogP contribution in [0, 0.1) is 0 Å². The van der Waals surface area contributed by atoms with E-state index in [0.717, 1.165) is 11.3 Å². The second kappa shape index (κ2) is 10.1. The average Bonchev–Trinajstić information content (AvgIpc) is 3.07. The van der Waals surface area contributed by atoms with Gasteiger partial charge in [0.25, 0.3) is 0 Å². The number of hydrogen-bond donors (Lipinski definition) is 0. The summed E-state index contributed by atoms with van der Waals surface area (Å²) >= 11 is 0. The average molecular weight is 565 g/mol. The molecule has 2 heteroatoms. The third kappa shape index (κ3) is 4.42. The van der Waals surface area contributed by atoms with Gasteiger partial charge in [-0.05, 0) is 82.7 Å². The minimum Gasteiger partial charge on any atom is -0.261 e. The first-order chi connectivity index (χ1) is 21.4. The lowest BCUT2D eigenvalue weighted by molar-refractivity contribution is 0.591. The minimum atomic E-state index is 0.0755. The minimum absolute atomic E-state index is 0.0755. The molecular weight excluding hydrogens is 532 g/mol. The zero-order valence-electron chi connectivity index (χ0n) is 25.2. The van der Waals surface area contributed by atoms with Crippen LogP contribution in [0.25, 0.3) is 77.0 Å². The molecule has 0 aliphatic rings. The summed E-state index contributed by atoms with van der Waals surface area (Å²) in [6.07, 6.45) is 5.26. The van der Waals surface area contributed by atoms with E-state index in [1.807, 2.05) is 6.20 Å². The van der Waals surface area contributed by atoms with Gasteiger partial charge >= 0.3 is 0 Å². The SMILES string of the molecule is CC(C)(C)c1cc2ccc3c(-c4ccc(-c5ccccc5)cc4)cc(-c4ccc(-c5cnccn5)cc4)c4ccc(c1)c2c34. The van der Waals surface area contributed by atoms with E-state index in [4.69, 9.17) is 0 Å². The maximum atomic E-state index is 4.50. The zero-order valence-corrected chi connectivity index (χ0v) is 25.2. The molecule has 2 nitrogen and oxygen atoms in total. The van der Waals surface area contributed by atoms with Crippen molar-refractivity contribution in [3.63, 3.8) is 0 Å². The molecule has 0 fully saturated rings. The Kier molecular flexibility index (Phi) is 6.06. The van der Waals surface area contributed by atoms with E-state index in [0.29, 0.717) is 0 Å². The van der Waals surface area contributed by atoms with Gasteiger partial charge in [-0.25, -0.2) is 0 Å². The van der Waals surface area contributed by atoms with Gasteiger partial charge < -0.3 is 0 Å². The number of hydrogen-bond acceptors (Lipinski definition) is 2. The van der Waals surface area contributed by atoms with Crippen molar-refractivity contribution in [2.45, 2.75) is 26.2 Å². The highest BCUT2D eigenvalue weighted by molar-refractivity contribution is 6.28. The summed E-state index contributed by atoms with van der Waals surface area (Å²) in [6.45, 7) is 6.87. The molecule has 1 heterocycles. The Morgan fingerprint density at radius 2 is 1.02 bits per heavy atom. The van der Waals surface area contributed by atoms with Crippen LogP contribution in [-0.4, -0.2) is 9.97 Å². The van der Waals surface area contributed by atoms with Crippen molar-refractivity contribution in [2.75, 3.05) is 0 Å². The van der Waals surface area contributed by atoms with Crippen molar-refractivity contribution >= 4 is 32.3 Å². The van der Waals surface area contributed by atoms with Gasteiger partial charge in [-0.2, -0.15) is 0 Å². The van der Waals surface area contributed by atoms with Crippen LogP contribution >= 0.6 is 0 Å². The second-order valence-corrected chi connectivity index (χ2v) is 12.7. The molecule has 0 aliphatic carbocycles. The van der Waals surface area contributed by atoms with Crippen molar-refractivity contribution < 1.29 is 0 Å². The molecule has 0 aliphatic heterocycles. The van der Waals surface area contributed by atoms with Gasteiger partial charge in [0.1, 0.15) is 0 Å². The molecule has 210 valence electrons. The Balaban J connectivity index is 1.37. The van der Waals surface area contributed by atoms with E-state index in [2.05, 4.69) is 152 Å². The van der Waals surface area contributed by atoms with E-state index in [1.54, 1.807) is 12.4 Å². The molecule has 8 aromatic rings. The van der Waals surface area contributed by atoms with Crippen molar-refractivity contribution in [2.24, 2.45) is 0 Å². The Bertz CT molecular complexity index is 2110. The number of benzene rings is 7. The Hall–Kier alpha value is -5.34. The second-order valence-electron chi connectivity index (χ2n) is 12.7. The number of aromatic nitrogens is 2. The van der Waals surface area contributed by atoms with Gasteiger partial charge in [0.15, 0.2) is 0 Å². The van der Waals surface area contributed by atoms with Gasteiger partial charge in [0, 0.05) is 18.0 Å². The summed E-state index contributed by atoms with van der Waals surface area (Å²) in [4.78, 5) is 8.76. The standard InChI is InChI=1S/C42H32N2/c1-42(2,3)34-23-32-17-19-35-37(29-11-9-28(10-12-29)27-7-5-4-6-8-27)25-38(36-20-18-33(24-34)40(32)41(35)36)30-13-15-31(16-14-30)39-26-43-21-22-44-39/h4-26H,1-3H3. The molecule has 0 saturated carbocycles. The van der Waals surface area contributed by atoms with E-state index in [9.17, 15) is 0 Å². The Morgan fingerprint density at radius 1 is 0.477 bits per heavy atom. The molecular formula is C42H32N2. The summed E-state index contributed by atoms with van der Waals surface area (Å²) in [5.74, 6) is 0.